The number of carbonyl (C=O) groups excluding carboxylic acids is 1. The largest absolute Gasteiger partial charge is 0.292 e. The fourth-order valence-electron chi connectivity index (χ4n) is 1.08. The Balaban J connectivity index is 2.22. The predicted molar refractivity (Wildman–Crippen MR) is 49.0 cm³/mol. The van der Waals surface area contributed by atoms with E-state index >= 15 is 0 Å². The fraction of sp³-hybridized carbons (Fsp3) is 0.333. The highest BCUT2D eigenvalue weighted by Gasteiger charge is 2.30. The highest BCUT2D eigenvalue weighted by Crippen LogP contribution is 2.32. The maximum Gasteiger partial charge on any atom is 0.184 e. The molecule has 1 saturated carbocycles. The van der Waals surface area contributed by atoms with Crippen LogP contribution in [-0.4, -0.2) is 10.8 Å². The molecule has 0 unspecified atom stereocenters. The second-order valence-electron chi connectivity index (χ2n) is 3.00. The molecule has 1 heterocycles. The second-order valence-corrected chi connectivity index (χ2v) is 3.92. The van der Waals surface area contributed by atoms with Crippen molar-refractivity contribution >= 4 is 21.7 Å². The van der Waals surface area contributed by atoms with Gasteiger partial charge in [-0.3, -0.25) is 9.78 Å². The lowest BCUT2D eigenvalue weighted by Gasteiger charge is -1.96. The van der Waals surface area contributed by atoms with Crippen molar-refractivity contribution in [2.45, 2.75) is 12.8 Å². The topological polar surface area (TPSA) is 30.0 Å². The summed E-state index contributed by atoms with van der Waals surface area (Å²) in [6, 6.07) is 3.62. The zero-order valence-corrected chi connectivity index (χ0v) is 8.04. The third-order valence-corrected chi connectivity index (χ3v) is 2.40. The molecule has 0 amide bonds. The number of nitrogens with zero attached hydrogens (tertiary/aromatic N) is 1. The molecule has 0 bridgehead atoms. The smallest absolute Gasteiger partial charge is 0.184 e. The van der Waals surface area contributed by atoms with Crippen molar-refractivity contribution in [3.63, 3.8) is 0 Å². The minimum absolute atomic E-state index is 0.197. The van der Waals surface area contributed by atoms with Crippen molar-refractivity contribution in [2.24, 2.45) is 5.92 Å². The molecule has 1 aromatic rings. The van der Waals surface area contributed by atoms with Crippen molar-refractivity contribution in [1.82, 2.24) is 4.98 Å². The van der Waals surface area contributed by atoms with Gasteiger partial charge in [0, 0.05) is 16.6 Å². The summed E-state index contributed by atoms with van der Waals surface area (Å²) in [4.78, 5) is 15.5. The second kappa shape index (κ2) is 2.98. The lowest BCUT2D eigenvalue weighted by molar-refractivity contribution is 0.0963. The minimum atomic E-state index is 0.197. The van der Waals surface area contributed by atoms with Gasteiger partial charge in [-0.2, -0.15) is 0 Å². The van der Waals surface area contributed by atoms with Gasteiger partial charge in [0.1, 0.15) is 5.69 Å². The lowest BCUT2D eigenvalue weighted by Crippen LogP contribution is -2.03. The molecule has 62 valence electrons. The molecular weight excluding hydrogens is 218 g/mol. The van der Waals surface area contributed by atoms with Crippen LogP contribution >= 0.6 is 15.9 Å². The number of pyridine rings is 1. The summed E-state index contributed by atoms with van der Waals surface area (Å²) in [6.45, 7) is 0. The number of halogens is 1. The molecule has 0 aliphatic heterocycles. The van der Waals surface area contributed by atoms with Crippen LogP contribution in [0.1, 0.15) is 23.3 Å². The molecule has 0 spiro atoms. The van der Waals surface area contributed by atoms with Gasteiger partial charge in [0.2, 0.25) is 0 Å². The molecule has 12 heavy (non-hydrogen) atoms. The average Bonchev–Trinajstić information content (AvgIpc) is 2.87. The number of carbonyl (C=O) groups is 1. The van der Waals surface area contributed by atoms with Gasteiger partial charge in [-0.25, -0.2) is 0 Å². The van der Waals surface area contributed by atoms with E-state index in [0.29, 0.717) is 5.69 Å². The van der Waals surface area contributed by atoms with Crippen LogP contribution in [0.3, 0.4) is 0 Å². The Bertz CT molecular complexity index is 303. The van der Waals surface area contributed by atoms with Crippen molar-refractivity contribution in [1.29, 1.82) is 0 Å². The van der Waals surface area contributed by atoms with Crippen molar-refractivity contribution in [3.8, 4) is 0 Å². The van der Waals surface area contributed by atoms with Gasteiger partial charge in [0.05, 0.1) is 0 Å². The normalized spacial score (nSPS) is 16.1. The van der Waals surface area contributed by atoms with E-state index in [0.717, 1.165) is 17.3 Å². The fourth-order valence-corrected chi connectivity index (χ4v) is 1.31. The van der Waals surface area contributed by atoms with Gasteiger partial charge in [-0.1, -0.05) is 0 Å². The maximum absolute atomic E-state index is 11.4. The molecule has 1 aliphatic carbocycles. The average molecular weight is 226 g/mol. The van der Waals surface area contributed by atoms with Gasteiger partial charge in [-0.05, 0) is 40.9 Å². The van der Waals surface area contributed by atoms with E-state index in [2.05, 4.69) is 20.9 Å². The van der Waals surface area contributed by atoms with E-state index in [1.807, 2.05) is 6.07 Å². The lowest BCUT2D eigenvalue weighted by atomic mass is 10.2. The van der Waals surface area contributed by atoms with Gasteiger partial charge < -0.3 is 0 Å². The number of ketones is 1. The zero-order valence-electron chi connectivity index (χ0n) is 6.46. The molecule has 0 atom stereocenters. The molecule has 1 fully saturated rings. The summed E-state index contributed by atoms with van der Waals surface area (Å²) in [6.07, 6.45) is 3.74. The summed E-state index contributed by atoms with van der Waals surface area (Å²) in [7, 11) is 0. The Labute approximate surface area is 79.1 Å². The van der Waals surface area contributed by atoms with E-state index in [1.54, 1.807) is 12.3 Å². The standard InChI is InChI=1S/C9H8BrNO/c10-7-3-4-8(11-5-7)9(12)6-1-2-6/h3-6H,1-2H2. The first-order valence-corrected chi connectivity index (χ1v) is 4.72. The van der Waals surface area contributed by atoms with Crippen LogP contribution in [0, 0.1) is 5.92 Å². The zero-order chi connectivity index (χ0) is 8.55. The summed E-state index contributed by atoms with van der Waals surface area (Å²) in [5.74, 6) is 0.459. The Morgan fingerprint density at radius 2 is 2.25 bits per heavy atom. The van der Waals surface area contributed by atoms with Gasteiger partial charge >= 0.3 is 0 Å². The van der Waals surface area contributed by atoms with E-state index in [1.165, 1.54) is 0 Å². The molecule has 0 aromatic carbocycles. The first-order chi connectivity index (χ1) is 5.77. The summed E-state index contributed by atoms with van der Waals surface area (Å²) < 4.78 is 0.912. The minimum Gasteiger partial charge on any atom is -0.292 e. The van der Waals surface area contributed by atoms with Crippen molar-refractivity contribution in [3.05, 3.63) is 28.5 Å². The van der Waals surface area contributed by atoms with Gasteiger partial charge in [0.15, 0.2) is 5.78 Å². The summed E-state index contributed by atoms with van der Waals surface area (Å²) >= 11 is 3.27. The van der Waals surface area contributed by atoms with Crippen LogP contribution in [0.2, 0.25) is 0 Å². The number of hydrogen-bond donors (Lipinski definition) is 0. The summed E-state index contributed by atoms with van der Waals surface area (Å²) in [5.41, 5.74) is 0.598. The number of hydrogen-bond acceptors (Lipinski definition) is 2. The molecule has 0 N–H and O–H groups in total. The van der Waals surface area contributed by atoms with E-state index in [4.69, 9.17) is 0 Å². The predicted octanol–water partition coefficient (Wildman–Crippen LogP) is 2.44. The Hall–Kier alpha value is -0.700. The molecule has 2 rings (SSSR count). The molecule has 2 nitrogen and oxygen atoms in total. The number of aromatic nitrogens is 1. The SMILES string of the molecule is O=C(c1ccc(Br)cn1)C1CC1. The maximum atomic E-state index is 11.4. The van der Waals surface area contributed by atoms with Gasteiger partial charge in [-0.15, -0.1) is 0 Å². The Morgan fingerprint density at radius 3 is 2.75 bits per heavy atom. The molecule has 0 radical (unpaired) electrons. The molecule has 0 saturated heterocycles. The number of rotatable bonds is 2. The number of Topliss-reactive ketones (excluding diaryl/α,β-unsaturated/α-hetero) is 1. The Kier molecular flexibility index (Phi) is 1.97. The monoisotopic (exact) mass is 225 g/mol. The third kappa shape index (κ3) is 1.55. The van der Waals surface area contributed by atoms with Gasteiger partial charge in [0.25, 0.3) is 0 Å². The van der Waals surface area contributed by atoms with Crippen LogP contribution in [0.5, 0.6) is 0 Å². The third-order valence-electron chi connectivity index (χ3n) is 1.93. The van der Waals surface area contributed by atoms with Crippen LogP contribution in [0.4, 0.5) is 0 Å². The van der Waals surface area contributed by atoms with Crippen LogP contribution < -0.4 is 0 Å². The van der Waals surface area contributed by atoms with E-state index in [-0.39, 0.29) is 11.7 Å². The van der Waals surface area contributed by atoms with Crippen LogP contribution in [0.15, 0.2) is 22.8 Å². The van der Waals surface area contributed by atoms with Crippen LogP contribution in [0.25, 0.3) is 0 Å². The highest BCUT2D eigenvalue weighted by molar-refractivity contribution is 9.10. The van der Waals surface area contributed by atoms with Crippen molar-refractivity contribution in [2.75, 3.05) is 0 Å². The quantitative estimate of drug-likeness (QED) is 0.725. The first-order valence-electron chi connectivity index (χ1n) is 3.93. The molecule has 1 aliphatic rings. The highest BCUT2D eigenvalue weighted by atomic mass is 79.9. The van der Waals surface area contributed by atoms with E-state index in [9.17, 15) is 4.79 Å². The Morgan fingerprint density at radius 1 is 1.50 bits per heavy atom. The van der Waals surface area contributed by atoms with Crippen molar-refractivity contribution < 1.29 is 4.79 Å². The van der Waals surface area contributed by atoms with E-state index < -0.39 is 0 Å². The van der Waals surface area contributed by atoms with Crippen LogP contribution in [-0.2, 0) is 0 Å². The molecule has 3 heteroatoms. The molecular formula is C9H8BrNO. The first kappa shape index (κ1) is 7.92. The molecule has 1 aromatic heterocycles. The summed E-state index contributed by atoms with van der Waals surface area (Å²) in [5, 5.41) is 0.